The van der Waals surface area contributed by atoms with Gasteiger partial charge in [-0.1, -0.05) is 12.1 Å². The van der Waals surface area contributed by atoms with Crippen molar-refractivity contribution in [1.82, 2.24) is 9.78 Å². The Labute approximate surface area is 147 Å². The summed E-state index contributed by atoms with van der Waals surface area (Å²) in [7, 11) is 1.90. The molecule has 0 bridgehead atoms. The van der Waals surface area contributed by atoms with Crippen molar-refractivity contribution >= 4 is 0 Å². The van der Waals surface area contributed by atoms with Crippen molar-refractivity contribution in [2.75, 3.05) is 13.2 Å². The second-order valence-corrected chi connectivity index (χ2v) is 5.88. The minimum absolute atomic E-state index is 0.00658. The number of halogens is 1. The van der Waals surface area contributed by atoms with Crippen molar-refractivity contribution in [3.05, 3.63) is 71.7 Å². The highest BCUT2D eigenvalue weighted by Gasteiger charge is 2.19. The topological polar surface area (TPSA) is 53.1 Å². The number of nitrogens with two attached hydrogens (primary N) is 1. The third-order valence-electron chi connectivity index (χ3n) is 4.22. The Kier molecular flexibility index (Phi) is 5.14. The van der Waals surface area contributed by atoms with Gasteiger partial charge in [-0.05, 0) is 55.0 Å². The monoisotopic (exact) mass is 339 g/mol. The first-order valence-electron chi connectivity index (χ1n) is 8.35. The summed E-state index contributed by atoms with van der Waals surface area (Å²) in [5.41, 5.74) is 9.84. The fourth-order valence-electron chi connectivity index (χ4n) is 2.98. The average molecular weight is 339 g/mol. The van der Waals surface area contributed by atoms with E-state index in [9.17, 15) is 4.39 Å². The highest BCUT2D eigenvalue weighted by molar-refractivity contribution is 5.60. The maximum absolute atomic E-state index is 13.1. The first-order valence-corrected chi connectivity index (χ1v) is 8.35. The molecular formula is C20H22FN3O. The number of hydrogen-bond acceptors (Lipinski definition) is 3. The standard InChI is InChI=1S/C20H22FN3O/c1-3-25-17-6-4-5-15(11-17)18(13-22)20-12-19(23-24(20)2)14-7-9-16(21)10-8-14/h4-12,18H,3,13,22H2,1-2H3. The summed E-state index contributed by atoms with van der Waals surface area (Å²) in [5, 5.41) is 4.57. The van der Waals surface area contributed by atoms with Crippen molar-refractivity contribution < 1.29 is 9.13 Å². The molecule has 0 radical (unpaired) electrons. The van der Waals surface area contributed by atoms with E-state index in [4.69, 9.17) is 10.5 Å². The predicted molar refractivity (Wildman–Crippen MR) is 97.1 cm³/mol. The van der Waals surface area contributed by atoms with Crippen molar-refractivity contribution in [3.8, 4) is 17.0 Å². The van der Waals surface area contributed by atoms with Gasteiger partial charge in [0.2, 0.25) is 0 Å². The highest BCUT2D eigenvalue weighted by Crippen LogP contribution is 2.29. The fraction of sp³-hybridized carbons (Fsp3) is 0.250. The van der Waals surface area contributed by atoms with Gasteiger partial charge >= 0.3 is 0 Å². The lowest BCUT2D eigenvalue weighted by Gasteiger charge is -2.16. The first kappa shape index (κ1) is 17.2. The number of hydrogen-bond donors (Lipinski definition) is 1. The summed E-state index contributed by atoms with van der Waals surface area (Å²) in [6.07, 6.45) is 0. The van der Waals surface area contributed by atoms with Crippen LogP contribution in [-0.2, 0) is 7.05 Å². The summed E-state index contributed by atoms with van der Waals surface area (Å²) < 4.78 is 20.6. The number of aryl methyl sites for hydroxylation is 1. The Bertz CT molecular complexity index is 842. The van der Waals surface area contributed by atoms with Crippen molar-refractivity contribution in [2.24, 2.45) is 12.8 Å². The second kappa shape index (κ2) is 7.49. The van der Waals surface area contributed by atoms with E-state index < -0.39 is 0 Å². The molecule has 0 saturated heterocycles. The van der Waals surface area contributed by atoms with Crippen LogP contribution in [0.5, 0.6) is 5.75 Å². The quantitative estimate of drug-likeness (QED) is 0.745. The van der Waals surface area contributed by atoms with E-state index in [1.165, 1.54) is 12.1 Å². The Morgan fingerprint density at radius 1 is 1.16 bits per heavy atom. The smallest absolute Gasteiger partial charge is 0.123 e. The molecule has 3 rings (SSSR count). The SMILES string of the molecule is CCOc1cccc(C(CN)c2cc(-c3ccc(F)cc3)nn2C)c1. The Hall–Kier alpha value is -2.66. The number of ether oxygens (including phenoxy) is 1. The maximum atomic E-state index is 13.1. The zero-order valence-electron chi connectivity index (χ0n) is 14.4. The van der Waals surface area contributed by atoms with Crippen LogP contribution in [0.1, 0.15) is 24.1 Å². The highest BCUT2D eigenvalue weighted by atomic mass is 19.1. The molecule has 0 aliphatic rings. The van der Waals surface area contributed by atoms with Gasteiger partial charge in [0, 0.05) is 30.8 Å². The molecule has 2 N–H and O–H groups in total. The molecular weight excluding hydrogens is 317 g/mol. The van der Waals surface area contributed by atoms with Gasteiger partial charge in [-0.3, -0.25) is 4.68 Å². The van der Waals surface area contributed by atoms with Crippen LogP contribution in [-0.4, -0.2) is 22.9 Å². The van der Waals surface area contributed by atoms with Crippen LogP contribution in [0.4, 0.5) is 4.39 Å². The van der Waals surface area contributed by atoms with Crippen molar-refractivity contribution in [2.45, 2.75) is 12.8 Å². The molecule has 0 amide bonds. The third-order valence-corrected chi connectivity index (χ3v) is 4.22. The van der Waals surface area contributed by atoms with Crippen LogP contribution < -0.4 is 10.5 Å². The normalized spacial score (nSPS) is 12.2. The van der Waals surface area contributed by atoms with E-state index in [2.05, 4.69) is 5.10 Å². The zero-order valence-corrected chi connectivity index (χ0v) is 14.4. The summed E-state index contributed by atoms with van der Waals surface area (Å²) in [4.78, 5) is 0. The number of benzene rings is 2. The summed E-state index contributed by atoms with van der Waals surface area (Å²) in [5.74, 6) is 0.582. The van der Waals surface area contributed by atoms with E-state index in [-0.39, 0.29) is 11.7 Å². The molecule has 0 aliphatic heterocycles. The Morgan fingerprint density at radius 3 is 2.60 bits per heavy atom. The van der Waals surface area contributed by atoms with Gasteiger partial charge in [0.25, 0.3) is 0 Å². The molecule has 4 nitrogen and oxygen atoms in total. The van der Waals surface area contributed by atoms with Crippen LogP contribution in [0.25, 0.3) is 11.3 Å². The molecule has 0 saturated carbocycles. The number of rotatable bonds is 6. The Morgan fingerprint density at radius 2 is 1.92 bits per heavy atom. The predicted octanol–water partition coefficient (Wildman–Crippen LogP) is 3.72. The minimum atomic E-state index is -0.257. The molecule has 3 aromatic rings. The van der Waals surface area contributed by atoms with E-state index in [0.29, 0.717) is 13.2 Å². The molecule has 25 heavy (non-hydrogen) atoms. The van der Waals surface area contributed by atoms with Crippen molar-refractivity contribution in [1.29, 1.82) is 0 Å². The second-order valence-electron chi connectivity index (χ2n) is 5.88. The van der Waals surface area contributed by atoms with Gasteiger partial charge in [-0.15, -0.1) is 0 Å². The lowest BCUT2D eigenvalue weighted by Crippen LogP contribution is -2.17. The molecule has 0 spiro atoms. The van der Waals surface area contributed by atoms with Crippen LogP contribution in [0.15, 0.2) is 54.6 Å². The van der Waals surface area contributed by atoms with E-state index >= 15 is 0 Å². The molecule has 1 unspecified atom stereocenters. The fourth-order valence-corrected chi connectivity index (χ4v) is 2.98. The summed E-state index contributed by atoms with van der Waals surface area (Å²) in [6, 6.07) is 16.3. The summed E-state index contributed by atoms with van der Waals surface area (Å²) in [6.45, 7) is 3.04. The molecule has 1 aromatic heterocycles. The van der Waals surface area contributed by atoms with Crippen LogP contribution >= 0.6 is 0 Å². The van der Waals surface area contributed by atoms with Gasteiger partial charge in [0.15, 0.2) is 0 Å². The Balaban J connectivity index is 1.96. The molecule has 1 heterocycles. The molecule has 2 aromatic carbocycles. The zero-order chi connectivity index (χ0) is 17.8. The molecule has 5 heteroatoms. The van der Waals surface area contributed by atoms with Gasteiger partial charge in [-0.25, -0.2) is 4.39 Å². The van der Waals surface area contributed by atoms with E-state index in [1.54, 1.807) is 12.1 Å². The van der Waals surface area contributed by atoms with Crippen LogP contribution in [0.2, 0.25) is 0 Å². The summed E-state index contributed by atoms with van der Waals surface area (Å²) >= 11 is 0. The number of aromatic nitrogens is 2. The van der Waals surface area contributed by atoms with Crippen LogP contribution in [0.3, 0.4) is 0 Å². The number of nitrogens with zero attached hydrogens (tertiary/aromatic N) is 2. The molecule has 0 fully saturated rings. The van der Waals surface area contributed by atoms with Gasteiger partial charge < -0.3 is 10.5 Å². The molecule has 0 aliphatic carbocycles. The molecule has 130 valence electrons. The lowest BCUT2D eigenvalue weighted by molar-refractivity contribution is 0.339. The average Bonchev–Trinajstić information content (AvgIpc) is 2.99. The molecule has 1 atom stereocenters. The first-order chi connectivity index (χ1) is 12.1. The van der Waals surface area contributed by atoms with Gasteiger partial charge in [0.1, 0.15) is 11.6 Å². The van der Waals surface area contributed by atoms with E-state index in [0.717, 1.165) is 28.3 Å². The van der Waals surface area contributed by atoms with Gasteiger partial charge in [0.05, 0.1) is 12.3 Å². The maximum Gasteiger partial charge on any atom is 0.123 e. The minimum Gasteiger partial charge on any atom is -0.494 e. The lowest BCUT2D eigenvalue weighted by atomic mass is 9.95. The van der Waals surface area contributed by atoms with Crippen molar-refractivity contribution in [3.63, 3.8) is 0 Å². The van der Waals surface area contributed by atoms with Crippen LogP contribution in [0, 0.1) is 5.82 Å². The third kappa shape index (κ3) is 3.72. The van der Waals surface area contributed by atoms with Gasteiger partial charge in [-0.2, -0.15) is 5.10 Å². The van der Waals surface area contributed by atoms with E-state index in [1.807, 2.05) is 49.0 Å². The largest absolute Gasteiger partial charge is 0.494 e.